The zero-order valence-electron chi connectivity index (χ0n) is 14.2. The first kappa shape index (κ1) is 18.2. The van der Waals surface area contributed by atoms with Crippen molar-refractivity contribution >= 4 is 22.9 Å². The predicted octanol–water partition coefficient (Wildman–Crippen LogP) is 4.78. The normalized spacial score (nSPS) is 11.8. The molecule has 1 fully saturated rings. The van der Waals surface area contributed by atoms with Gasteiger partial charge in [-0.2, -0.15) is 5.26 Å². The number of hydrogen-bond donors (Lipinski definition) is 1. The van der Waals surface area contributed by atoms with E-state index in [0.717, 1.165) is 22.4 Å². The van der Waals surface area contributed by atoms with Crippen LogP contribution in [-0.2, 0) is 4.79 Å². The van der Waals surface area contributed by atoms with Gasteiger partial charge in [-0.1, -0.05) is 44.0 Å². The number of fused-ring (bicyclic) bond motifs is 1. The van der Waals surface area contributed by atoms with Crippen molar-refractivity contribution in [3.8, 4) is 6.07 Å². The summed E-state index contributed by atoms with van der Waals surface area (Å²) in [5, 5.41) is 13.0. The van der Waals surface area contributed by atoms with Gasteiger partial charge in [-0.3, -0.25) is 9.78 Å². The van der Waals surface area contributed by atoms with E-state index in [4.69, 9.17) is 5.26 Å². The topological polar surface area (TPSA) is 65.8 Å². The maximum Gasteiger partial charge on any atom is 0.211 e. The van der Waals surface area contributed by atoms with E-state index in [2.05, 4.69) is 17.2 Å². The lowest BCUT2D eigenvalue weighted by molar-refractivity contribution is -0.105. The van der Waals surface area contributed by atoms with Crippen LogP contribution in [0.5, 0.6) is 0 Å². The van der Waals surface area contributed by atoms with E-state index in [0.29, 0.717) is 12.0 Å². The van der Waals surface area contributed by atoms with Gasteiger partial charge in [-0.15, -0.1) is 0 Å². The SMILES string of the molecule is CC1CC1.N#Cc1ccccc1.O=CNc1ccc2cnccc2c1. The molecular formula is C21H21N3O. The maximum absolute atomic E-state index is 10.2. The summed E-state index contributed by atoms with van der Waals surface area (Å²) in [6, 6.07) is 18.8. The van der Waals surface area contributed by atoms with Gasteiger partial charge in [0.2, 0.25) is 6.41 Å². The molecule has 1 N–H and O–H groups in total. The summed E-state index contributed by atoms with van der Waals surface area (Å²) in [6.07, 6.45) is 7.16. The quantitative estimate of drug-likeness (QED) is 0.687. The van der Waals surface area contributed by atoms with Crippen LogP contribution < -0.4 is 5.32 Å². The number of anilines is 1. The first-order valence-electron chi connectivity index (χ1n) is 8.22. The third-order valence-electron chi connectivity index (χ3n) is 3.64. The fraction of sp³-hybridized carbons (Fsp3) is 0.190. The maximum atomic E-state index is 10.2. The molecule has 0 aliphatic heterocycles. The van der Waals surface area contributed by atoms with Crippen LogP contribution in [0.25, 0.3) is 10.8 Å². The summed E-state index contributed by atoms with van der Waals surface area (Å²) in [6.45, 7) is 2.28. The number of nitrogens with zero attached hydrogens (tertiary/aromatic N) is 2. The predicted molar refractivity (Wildman–Crippen MR) is 101 cm³/mol. The number of benzene rings is 2. The smallest absolute Gasteiger partial charge is 0.211 e. The second-order valence-electron chi connectivity index (χ2n) is 5.86. The molecule has 4 nitrogen and oxygen atoms in total. The molecule has 0 unspecified atom stereocenters. The van der Waals surface area contributed by atoms with Crippen LogP contribution in [0.4, 0.5) is 5.69 Å². The molecule has 1 heterocycles. The van der Waals surface area contributed by atoms with Crippen molar-refractivity contribution < 1.29 is 4.79 Å². The second kappa shape index (κ2) is 9.84. The van der Waals surface area contributed by atoms with E-state index in [1.807, 2.05) is 48.5 Å². The molecule has 0 saturated heterocycles. The van der Waals surface area contributed by atoms with E-state index < -0.39 is 0 Å². The third-order valence-corrected chi connectivity index (χ3v) is 3.64. The minimum absolute atomic E-state index is 0.669. The summed E-state index contributed by atoms with van der Waals surface area (Å²) < 4.78 is 0. The summed E-state index contributed by atoms with van der Waals surface area (Å²) in [7, 11) is 0. The molecule has 2 aromatic carbocycles. The summed E-state index contributed by atoms with van der Waals surface area (Å²) in [5.41, 5.74) is 1.52. The van der Waals surface area contributed by atoms with Gasteiger partial charge in [0.05, 0.1) is 11.6 Å². The number of amides is 1. The van der Waals surface area contributed by atoms with E-state index in [1.54, 1.807) is 24.5 Å². The standard InChI is InChI=1S/C10H8N2O.C7H5N.C4H8/c13-7-12-10-2-1-9-6-11-4-3-8(9)5-10;8-6-7-4-2-1-3-5-7;1-4-2-3-4/h1-7H,(H,12,13);1-5H;4H,2-3H2,1H3. The monoisotopic (exact) mass is 331 g/mol. The van der Waals surface area contributed by atoms with Gasteiger partial charge in [0.15, 0.2) is 0 Å². The lowest BCUT2D eigenvalue weighted by Crippen LogP contribution is -1.92. The number of carbonyl (C=O) groups excluding carboxylic acids is 1. The zero-order valence-corrected chi connectivity index (χ0v) is 14.2. The Morgan fingerprint density at radius 1 is 1.12 bits per heavy atom. The first-order valence-corrected chi connectivity index (χ1v) is 8.22. The average molecular weight is 331 g/mol. The molecule has 126 valence electrons. The Kier molecular flexibility index (Phi) is 7.14. The fourth-order valence-corrected chi connectivity index (χ4v) is 1.92. The van der Waals surface area contributed by atoms with Crippen LogP contribution in [0, 0.1) is 17.2 Å². The van der Waals surface area contributed by atoms with Crippen molar-refractivity contribution in [1.82, 2.24) is 4.98 Å². The highest BCUT2D eigenvalue weighted by Gasteiger charge is 2.12. The largest absolute Gasteiger partial charge is 0.329 e. The van der Waals surface area contributed by atoms with Gasteiger partial charge in [0.25, 0.3) is 0 Å². The highest BCUT2D eigenvalue weighted by Crippen LogP contribution is 2.26. The summed E-state index contributed by atoms with van der Waals surface area (Å²) in [4.78, 5) is 14.2. The van der Waals surface area contributed by atoms with Crippen molar-refractivity contribution in [2.24, 2.45) is 5.92 Å². The molecule has 1 aliphatic carbocycles. The number of nitrogens with one attached hydrogen (secondary N) is 1. The molecule has 4 heteroatoms. The molecule has 0 atom stereocenters. The summed E-state index contributed by atoms with van der Waals surface area (Å²) >= 11 is 0. The van der Waals surface area contributed by atoms with Crippen LogP contribution in [0.1, 0.15) is 25.3 Å². The number of pyridine rings is 1. The van der Waals surface area contributed by atoms with Gasteiger partial charge >= 0.3 is 0 Å². The van der Waals surface area contributed by atoms with Crippen molar-refractivity contribution in [2.75, 3.05) is 5.32 Å². The molecular weight excluding hydrogens is 310 g/mol. The lowest BCUT2D eigenvalue weighted by atomic mass is 10.1. The molecule has 1 amide bonds. The van der Waals surface area contributed by atoms with Crippen LogP contribution in [0.15, 0.2) is 67.0 Å². The average Bonchev–Trinajstić information content (AvgIpc) is 3.46. The molecule has 4 rings (SSSR count). The van der Waals surface area contributed by atoms with Crippen molar-refractivity contribution in [3.05, 3.63) is 72.6 Å². The van der Waals surface area contributed by atoms with Crippen molar-refractivity contribution in [1.29, 1.82) is 5.26 Å². The van der Waals surface area contributed by atoms with Gasteiger partial charge in [0, 0.05) is 23.5 Å². The summed E-state index contributed by atoms with van der Waals surface area (Å²) in [5.74, 6) is 1.08. The van der Waals surface area contributed by atoms with Gasteiger partial charge in [-0.25, -0.2) is 0 Å². The van der Waals surface area contributed by atoms with Crippen LogP contribution in [0.2, 0.25) is 0 Å². The Hall–Kier alpha value is -3.19. The van der Waals surface area contributed by atoms with Gasteiger partial charge < -0.3 is 5.32 Å². The van der Waals surface area contributed by atoms with Crippen LogP contribution in [0.3, 0.4) is 0 Å². The second-order valence-corrected chi connectivity index (χ2v) is 5.86. The Labute approximate surface area is 148 Å². The van der Waals surface area contributed by atoms with Crippen LogP contribution in [-0.4, -0.2) is 11.4 Å². The zero-order chi connectivity index (χ0) is 17.9. The Balaban J connectivity index is 0.000000158. The number of aromatic nitrogens is 1. The molecule has 1 saturated carbocycles. The Morgan fingerprint density at radius 3 is 2.40 bits per heavy atom. The number of hydrogen-bond acceptors (Lipinski definition) is 3. The highest BCUT2D eigenvalue weighted by atomic mass is 16.1. The minimum atomic E-state index is 0.669. The molecule has 0 bridgehead atoms. The lowest BCUT2D eigenvalue weighted by Gasteiger charge is -2.00. The number of nitriles is 1. The van der Waals surface area contributed by atoms with E-state index >= 15 is 0 Å². The van der Waals surface area contributed by atoms with Crippen molar-refractivity contribution in [3.63, 3.8) is 0 Å². The van der Waals surface area contributed by atoms with Crippen LogP contribution >= 0.6 is 0 Å². The molecule has 3 aromatic rings. The van der Waals surface area contributed by atoms with E-state index in [1.165, 1.54) is 12.8 Å². The number of carbonyl (C=O) groups is 1. The highest BCUT2D eigenvalue weighted by molar-refractivity contribution is 5.87. The Morgan fingerprint density at radius 2 is 1.84 bits per heavy atom. The minimum Gasteiger partial charge on any atom is -0.329 e. The van der Waals surface area contributed by atoms with E-state index in [9.17, 15) is 4.79 Å². The fourth-order valence-electron chi connectivity index (χ4n) is 1.92. The molecule has 0 radical (unpaired) electrons. The molecule has 0 spiro atoms. The number of rotatable bonds is 2. The molecule has 1 aromatic heterocycles. The first-order chi connectivity index (χ1) is 12.2. The van der Waals surface area contributed by atoms with Gasteiger partial charge in [0.1, 0.15) is 0 Å². The molecule has 1 aliphatic rings. The molecule has 25 heavy (non-hydrogen) atoms. The third kappa shape index (κ3) is 6.84. The Bertz CT molecular complexity index is 836. The van der Waals surface area contributed by atoms with Crippen molar-refractivity contribution in [2.45, 2.75) is 19.8 Å². The van der Waals surface area contributed by atoms with Gasteiger partial charge in [-0.05, 0) is 41.6 Å². The van der Waals surface area contributed by atoms with E-state index in [-0.39, 0.29) is 0 Å².